The summed E-state index contributed by atoms with van der Waals surface area (Å²) < 4.78 is 28.7. The molecule has 0 amide bonds. The van der Waals surface area contributed by atoms with E-state index in [1.807, 2.05) is 6.07 Å². The van der Waals surface area contributed by atoms with Gasteiger partial charge in [-0.05, 0) is 51.8 Å². The van der Waals surface area contributed by atoms with E-state index in [0.29, 0.717) is 15.5 Å². The van der Waals surface area contributed by atoms with Gasteiger partial charge in [0.25, 0.3) is 10.0 Å². The second-order valence-corrected chi connectivity index (χ2v) is 8.02. The van der Waals surface area contributed by atoms with Gasteiger partial charge in [0.05, 0.1) is 10.6 Å². The van der Waals surface area contributed by atoms with Gasteiger partial charge in [0, 0.05) is 14.3 Å². The molecule has 2 aromatic carbocycles. The lowest BCUT2D eigenvalue weighted by Crippen LogP contribution is -2.13. The Morgan fingerprint density at radius 3 is 2.25 bits per heavy atom. The lowest BCUT2D eigenvalue weighted by Gasteiger charge is -2.10. The summed E-state index contributed by atoms with van der Waals surface area (Å²) >= 11 is 9.97. The van der Waals surface area contributed by atoms with Gasteiger partial charge in [-0.2, -0.15) is 0 Å². The Hall–Kier alpha value is -0.370. The van der Waals surface area contributed by atoms with Crippen molar-refractivity contribution in [3.05, 3.63) is 57.0 Å². The molecule has 1 N–H and O–H groups in total. The monoisotopic (exact) mass is 481 g/mol. The predicted octanol–water partition coefficient (Wildman–Crippen LogP) is 4.91. The minimum atomic E-state index is -3.59. The van der Waals surface area contributed by atoms with Crippen LogP contribution in [0.25, 0.3) is 0 Å². The van der Waals surface area contributed by atoms with Crippen molar-refractivity contribution in [2.75, 3.05) is 4.72 Å². The minimum Gasteiger partial charge on any atom is -0.278 e. The molecule has 2 aromatic rings. The van der Waals surface area contributed by atoms with Gasteiger partial charge in [0.1, 0.15) is 0 Å². The topological polar surface area (TPSA) is 46.2 Å². The van der Waals surface area contributed by atoms with Crippen molar-refractivity contribution in [3.8, 4) is 0 Å². The number of nitrogens with one attached hydrogen (secondary N) is 1. The SMILES string of the molecule is O=S(=O)(Nc1cc(Br)ccc1Br)c1ccc(CBr)cc1. The third kappa shape index (κ3) is 3.84. The van der Waals surface area contributed by atoms with Crippen molar-refractivity contribution in [2.24, 2.45) is 0 Å². The fraction of sp³-hybridized carbons (Fsp3) is 0.0769. The van der Waals surface area contributed by atoms with Crippen LogP contribution in [0.5, 0.6) is 0 Å². The number of hydrogen-bond acceptors (Lipinski definition) is 2. The van der Waals surface area contributed by atoms with Gasteiger partial charge in [-0.25, -0.2) is 8.42 Å². The first-order valence-corrected chi connectivity index (χ1v) is 9.74. The summed E-state index contributed by atoms with van der Waals surface area (Å²) in [5, 5.41) is 0.692. The van der Waals surface area contributed by atoms with Crippen molar-refractivity contribution in [1.29, 1.82) is 0 Å². The van der Waals surface area contributed by atoms with Crippen LogP contribution >= 0.6 is 47.8 Å². The van der Waals surface area contributed by atoms with Crippen molar-refractivity contribution >= 4 is 63.5 Å². The first-order valence-electron chi connectivity index (χ1n) is 5.55. The summed E-state index contributed by atoms with van der Waals surface area (Å²) in [6.07, 6.45) is 0. The summed E-state index contributed by atoms with van der Waals surface area (Å²) in [7, 11) is -3.59. The highest BCUT2D eigenvalue weighted by Crippen LogP contribution is 2.28. The molecule has 0 spiro atoms. The Balaban J connectivity index is 2.32. The third-order valence-electron chi connectivity index (χ3n) is 2.56. The zero-order valence-electron chi connectivity index (χ0n) is 10.1. The molecule has 20 heavy (non-hydrogen) atoms. The quantitative estimate of drug-likeness (QED) is 0.628. The zero-order chi connectivity index (χ0) is 14.8. The van der Waals surface area contributed by atoms with Crippen molar-refractivity contribution in [1.82, 2.24) is 0 Å². The molecule has 106 valence electrons. The number of anilines is 1. The maximum absolute atomic E-state index is 12.3. The molecule has 0 aromatic heterocycles. The summed E-state index contributed by atoms with van der Waals surface area (Å²) in [6, 6.07) is 12.0. The van der Waals surface area contributed by atoms with Crippen LogP contribution in [0.15, 0.2) is 56.3 Å². The largest absolute Gasteiger partial charge is 0.278 e. The van der Waals surface area contributed by atoms with Crippen LogP contribution in [0.3, 0.4) is 0 Å². The minimum absolute atomic E-state index is 0.231. The van der Waals surface area contributed by atoms with E-state index in [1.165, 1.54) is 0 Å². The molecule has 0 saturated heterocycles. The number of halogens is 3. The fourth-order valence-corrected chi connectivity index (χ4v) is 3.82. The molecular weight excluding hydrogens is 474 g/mol. The summed E-state index contributed by atoms with van der Waals surface area (Å²) in [5.41, 5.74) is 1.51. The molecule has 0 aliphatic rings. The second kappa shape index (κ2) is 6.60. The predicted molar refractivity (Wildman–Crippen MR) is 91.7 cm³/mol. The zero-order valence-corrected chi connectivity index (χ0v) is 15.7. The van der Waals surface area contributed by atoms with Crippen LogP contribution < -0.4 is 4.72 Å². The van der Waals surface area contributed by atoms with E-state index in [1.54, 1.807) is 36.4 Å². The van der Waals surface area contributed by atoms with E-state index in [-0.39, 0.29) is 4.90 Å². The van der Waals surface area contributed by atoms with Crippen LogP contribution in [0.1, 0.15) is 5.56 Å². The van der Waals surface area contributed by atoms with Crippen LogP contribution in [0.2, 0.25) is 0 Å². The molecule has 3 nitrogen and oxygen atoms in total. The van der Waals surface area contributed by atoms with E-state index in [2.05, 4.69) is 52.5 Å². The number of rotatable bonds is 4. The summed E-state index contributed by atoms with van der Waals surface area (Å²) in [5.74, 6) is 0. The van der Waals surface area contributed by atoms with Crippen molar-refractivity contribution < 1.29 is 8.42 Å². The Morgan fingerprint density at radius 1 is 1.00 bits per heavy atom. The molecule has 0 aliphatic carbocycles. The normalized spacial score (nSPS) is 11.3. The first kappa shape index (κ1) is 16.0. The van der Waals surface area contributed by atoms with Gasteiger partial charge in [0.2, 0.25) is 0 Å². The Kier molecular flexibility index (Phi) is 5.28. The summed E-state index contributed by atoms with van der Waals surface area (Å²) in [6.45, 7) is 0. The van der Waals surface area contributed by atoms with E-state index in [9.17, 15) is 8.42 Å². The Morgan fingerprint density at radius 2 is 1.65 bits per heavy atom. The average Bonchev–Trinajstić information content (AvgIpc) is 2.43. The van der Waals surface area contributed by atoms with Gasteiger partial charge >= 0.3 is 0 Å². The van der Waals surface area contributed by atoms with E-state index in [4.69, 9.17) is 0 Å². The second-order valence-electron chi connectivity index (χ2n) is 4.01. The Labute approximate surface area is 143 Å². The molecule has 0 heterocycles. The molecule has 0 fully saturated rings. The number of alkyl halides is 1. The van der Waals surface area contributed by atoms with Crippen LogP contribution in [0, 0.1) is 0 Å². The van der Waals surface area contributed by atoms with Gasteiger partial charge in [-0.3, -0.25) is 4.72 Å². The maximum Gasteiger partial charge on any atom is 0.261 e. The molecule has 0 bridgehead atoms. The van der Waals surface area contributed by atoms with Gasteiger partial charge in [-0.1, -0.05) is 44.0 Å². The molecule has 0 saturated carbocycles. The van der Waals surface area contributed by atoms with E-state index >= 15 is 0 Å². The van der Waals surface area contributed by atoms with Gasteiger partial charge in [-0.15, -0.1) is 0 Å². The van der Waals surface area contributed by atoms with Crippen molar-refractivity contribution in [2.45, 2.75) is 10.2 Å². The smallest absolute Gasteiger partial charge is 0.261 e. The third-order valence-corrected chi connectivity index (χ3v) is 5.77. The summed E-state index contributed by atoms with van der Waals surface area (Å²) in [4.78, 5) is 0.231. The number of benzene rings is 2. The highest BCUT2D eigenvalue weighted by Gasteiger charge is 2.15. The van der Waals surface area contributed by atoms with Crippen molar-refractivity contribution in [3.63, 3.8) is 0 Å². The molecular formula is C13H10Br3NO2S. The highest BCUT2D eigenvalue weighted by molar-refractivity contribution is 9.11. The lowest BCUT2D eigenvalue weighted by atomic mass is 10.2. The van der Waals surface area contributed by atoms with Crippen LogP contribution in [0.4, 0.5) is 5.69 Å². The molecule has 7 heteroatoms. The van der Waals surface area contributed by atoms with Crippen LogP contribution in [-0.4, -0.2) is 8.42 Å². The Bertz CT molecular complexity index is 715. The first-order chi connectivity index (χ1) is 9.42. The standard InChI is InChI=1S/C13H10Br3NO2S/c14-8-9-1-4-11(5-2-9)20(18,19)17-13-7-10(15)3-6-12(13)16/h1-7,17H,8H2. The molecule has 0 aliphatic heterocycles. The molecule has 0 radical (unpaired) electrons. The van der Waals surface area contributed by atoms with E-state index in [0.717, 1.165) is 10.0 Å². The lowest BCUT2D eigenvalue weighted by molar-refractivity contribution is 0.601. The number of sulfonamides is 1. The molecule has 0 unspecified atom stereocenters. The van der Waals surface area contributed by atoms with E-state index < -0.39 is 10.0 Å². The van der Waals surface area contributed by atoms with Crippen LogP contribution in [-0.2, 0) is 15.4 Å². The molecule has 0 atom stereocenters. The highest BCUT2D eigenvalue weighted by atomic mass is 79.9. The maximum atomic E-state index is 12.3. The van der Waals surface area contributed by atoms with Gasteiger partial charge in [0.15, 0.2) is 0 Å². The number of hydrogen-bond donors (Lipinski definition) is 1. The van der Waals surface area contributed by atoms with Gasteiger partial charge < -0.3 is 0 Å². The molecule has 2 rings (SSSR count). The fourth-order valence-electron chi connectivity index (χ4n) is 1.54. The average molecular weight is 484 g/mol.